The summed E-state index contributed by atoms with van der Waals surface area (Å²) in [5, 5.41) is 21.2. The Hall–Kier alpha value is -2.89. The minimum Gasteiger partial charge on any atom is -0.497 e. The lowest BCUT2D eigenvalue weighted by atomic mass is 9.63. The second-order valence-electron chi connectivity index (χ2n) is 12.7. The van der Waals surface area contributed by atoms with E-state index in [9.17, 15) is 5.11 Å². The molecule has 0 amide bonds. The normalized spacial score (nSPS) is 33.6. The van der Waals surface area contributed by atoms with Crippen LogP contribution in [0.3, 0.4) is 0 Å². The lowest BCUT2D eigenvalue weighted by Gasteiger charge is -2.58. The Labute approximate surface area is 268 Å². The van der Waals surface area contributed by atoms with Crippen LogP contribution in [0.5, 0.6) is 5.75 Å². The molecule has 5 saturated heterocycles. The van der Waals surface area contributed by atoms with Crippen molar-refractivity contribution in [2.24, 2.45) is 11.8 Å². The van der Waals surface area contributed by atoms with Crippen molar-refractivity contribution in [2.75, 3.05) is 75.2 Å². The van der Waals surface area contributed by atoms with Crippen molar-refractivity contribution in [2.45, 2.75) is 69.1 Å². The highest BCUT2D eigenvalue weighted by Crippen LogP contribution is 2.57. The minimum absolute atomic E-state index is 0.179. The maximum Gasteiger partial charge on any atom is 0.233 e. The topological polar surface area (TPSA) is 163 Å². The van der Waals surface area contributed by atoms with Crippen molar-refractivity contribution >= 4 is 23.5 Å². The maximum absolute atomic E-state index is 11.3. The summed E-state index contributed by atoms with van der Waals surface area (Å²) >= 11 is 0. The maximum atomic E-state index is 11.3. The average molecular weight is 644 g/mol. The molecular formula is C31H45N7O8. The Morgan fingerprint density at radius 3 is 2.65 bits per heavy atom. The van der Waals surface area contributed by atoms with Gasteiger partial charge in [0, 0.05) is 50.7 Å². The molecule has 1 saturated carbocycles. The molecule has 4 N–H and O–H groups in total. The molecule has 2 aromatic rings. The van der Waals surface area contributed by atoms with Crippen LogP contribution in [-0.4, -0.2) is 110 Å². The van der Waals surface area contributed by atoms with Gasteiger partial charge < -0.3 is 49.6 Å². The summed E-state index contributed by atoms with van der Waals surface area (Å²) in [6.45, 7) is 6.69. The van der Waals surface area contributed by atoms with Crippen molar-refractivity contribution in [3.63, 3.8) is 0 Å². The highest BCUT2D eigenvalue weighted by atomic mass is 17.3. The van der Waals surface area contributed by atoms with E-state index in [1.54, 1.807) is 7.11 Å². The number of fused-ring (bicyclic) bond motifs is 2. The number of methoxy groups -OCH3 is 1. The van der Waals surface area contributed by atoms with E-state index in [2.05, 4.69) is 35.8 Å². The third kappa shape index (κ3) is 6.47. The number of aromatic nitrogens is 3. The fourth-order valence-corrected chi connectivity index (χ4v) is 7.22. The predicted octanol–water partition coefficient (Wildman–Crippen LogP) is 2.17. The molecule has 6 fully saturated rings. The van der Waals surface area contributed by atoms with Crippen LogP contribution in [0.15, 0.2) is 24.3 Å². The highest BCUT2D eigenvalue weighted by Gasteiger charge is 2.69. The van der Waals surface area contributed by atoms with E-state index in [4.69, 9.17) is 33.5 Å². The van der Waals surface area contributed by atoms with E-state index in [1.807, 2.05) is 31.2 Å². The summed E-state index contributed by atoms with van der Waals surface area (Å²) in [6.07, 6.45) is 2.22. The Kier molecular flexibility index (Phi) is 9.43. The van der Waals surface area contributed by atoms with Gasteiger partial charge in [-0.15, -0.1) is 0 Å². The zero-order valence-corrected chi connectivity index (χ0v) is 26.5. The molecule has 1 aliphatic carbocycles. The number of anilines is 4. The summed E-state index contributed by atoms with van der Waals surface area (Å²) in [7, 11) is 1.64. The molecule has 15 heteroatoms. The van der Waals surface area contributed by atoms with Gasteiger partial charge in [0.2, 0.25) is 23.6 Å². The van der Waals surface area contributed by atoms with Gasteiger partial charge in [0.05, 0.1) is 26.9 Å². The lowest BCUT2D eigenvalue weighted by molar-refractivity contribution is -0.577. The molecule has 1 aromatic heterocycles. The molecule has 252 valence electrons. The number of benzene rings is 1. The summed E-state index contributed by atoms with van der Waals surface area (Å²) in [5.41, 5.74) is 0.0456. The Morgan fingerprint density at radius 2 is 1.83 bits per heavy atom. The SMILES string of the molecule is COc1ccc(Nc2nc(NCCNCCOC3O[C@@H]4OC5(C)CCC6CCCC([C@H]3O)[C@]64OO5)nc(N3CCOCC3)n2)cc1. The van der Waals surface area contributed by atoms with E-state index >= 15 is 0 Å². The third-order valence-corrected chi connectivity index (χ3v) is 9.68. The van der Waals surface area contributed by atoms with Crippen LogP contribution in [0.25, 0.3) is 0 Å². The number of aliphatic hydroxyl groups is 1. The van der Waals surface area contributed by atoms with E-state index in [1.165, 1.54) is 0 Å². The van der Waals surface area contributed by atoms with Crippen LogP contribution in [0.4, 0.5) is 23.5 Å². The fraction of sp³-hybridized carbons (Fsp3) is 0.710. The number of rotatable bonds is 12. The van der Waals surface area contributed by atoms with Crippen LogP contribution in [0, 0.1) is 11.8 Å². The van der Waals surface area contributed by atoms with Crippen LogP contribution < -0.4 is 25.6 Å². The van der Waals surface area contributed by atoms with Crippen molar-refractivity contribution < 1.29 is 38.6 Å². The van der Waals surface area contributed by atoms with E-state index in [0.29, 0.717) is 70.4 Å². The first kappa shape index (κ1) is 31.7. The number of hydrogen-bond acceptors (Lipinski definition) is 15. The molecule has 15 nitrogen and oxygen atoms in total. The standard InChI is InChI=1S/C31H45N7O8/c1-30-11-10-20-4-3-5-23-24(39)25(43-26(44-30)31(20,23)46-45-30)42-17-14-32-12-13-33-27-35-28(34-21-6-8-22(40-2)9-7-21)37-29(36-27)38-15-18-41-19-16-38/h6-9,20,23-26,32,39H,3-5,10-19H2,1-2H3,(H2,33,34,35,36,37)/t20?,23?,24-,25?,26-,30?,31-/m1/s1. The van der Waals surface area contributed by atoms with E-state index in [-0.39, 0.29) is 11.8 Å². The monoisotopic (exact) mass is 643 g/mol. The van der Waals surface area contributed by atoms with Crippen molar-refractivity contribution in [3.8, 4) is 5.75 Å². The molecule has 2 bridgehead atoms. The molecule has 4 unspecified atom stereocenters. The van der Waals surface area contributed by atoms with Gasteiger partial charge in [-0.1, -0.05) is 6.42 Å². The summed E-state index contributed by atoms with van der Waals surface area (Å²) in [4.78, 5) is 27.8. The quantitative estimate of drug-likeness (QED) is 0.196. The van der Waals surface area contributed by atoms with Gasteiger partial charge in [0.15, 0.2) is 18.2 Å². The summed E-state index contributed by atoms with van der Waals surface area (Å²) in [6, 6.07) is 7.57. The minimum atomic E-state index is -0.854. The molecule has 6 heterocycles. The molecule has 7 atom stereocenters. The molecule has 6 aliphatic rings. The van der Waals surface area contributed by atoms with Gasteiger partial charge in [-0.2, -0.15) is 15.0 Å². The number of nitrogens with zero attached hydrogens (tertiary/aromatic N) is 4. The number of morpholine rings is 1. The number of hydrogen-bond donors (Lipinski definition) is 4. The van der Waals surface area contributed by atoms with Crippen LogP contribution >= 0.6 is 0 Å². The second-order valence-corrected chi connectivity index (χ2v) is 12.7. The van der Waals surface area contributed by atoms with Crippen LogP contribution in [0.1, 0.15) is 39.0 Å². The first-order valence-corrected chi connectivity index (χ1v) is 16.4. The molecular weight excluding hydrogens is 598 g/mol. The number of ether oxygens (including phenoxy) is 5. The van der Waals surface area contributed by atoms with Gasteiger partial charge in [-0.05, 0) is 56.4 Å². The first-order chi connectivity index (χ1) is 22.5. The molecule has 0 radical (unpaired) electrons. The van der Waals surface area contributed by atoms with Crippen LogP contribution in [0.2, 0.25) is 0 Å². The Balaban J connectivity index is 0.904. The zero-order chi connectivity index (χ0) is 31.6. The van der Waals surface area contributed by atoms with Crippen molar-refractivity contribution in [1.82, 2.24) is 20.3 Å². The highest BCUT2D eigenvalue weighted by molar-refractivity contribution is 5.57. The fourth-order valence-electron chi connectivity index (χ4n) is 7.22. The zero-order valence-electron chi connectivity index (χ0n) is 26.5. The molecule has 1 aromatic carbocycles. The van der Waals surface area contributed by atoms with E-state index < -0.39 is 30.1 Å². The third-order valence-electron chi connectivity index (χ3n) is 9.68. The number of nitrogens with one attached hydrogen (secondary N) is 3. The first-order valence-electron chi connectivity index (χ1n) is 16.4. The van der Waals surface area contributed by atoms with Gasteiger partial charge in [0.25, 0.3) is 0 Å². The largest absolute Gasteiger partial charge is 0.497 e. The van der Waals surface area contributed by atoms with Gasteiger partial charge >= 0.3 is 0 Å². The van der Waals surface area contributed by atoms with Gasteiger partial charge in [0.1, 0.15) is 11.9 Å². The number of aliphatic hydroxyl groups excluding tert-OH is 1. The van der Waals surface area contributed by atoms with Crippen molar-refractivity contribution in [3.05, 3.63) is 24.3 Å². The average Bonchev–Trinajstić information content (AvgIpc) is 3.31. The molecule has 46 heavy (non-hydrogen) atoms. The Bertz CT molecular complexity index is 1320. The van der Waals surface area contributed by atoms with Crippen LogP contribution in [-0.2, 0) is 28.7 Å². The molecule has 8 rings (SSSR count). The summed E-state index contributed by atoms with van der Waals surface area (Å²) < 4.78 is 29.3. The Morgan fingerprint density at radius 1 is 1.00 bits per heavy atom. The summed E-state index contributed by atoms with van der Waals surface area (Å²) in [5.74, 6) is 1.46. The van der Waals surface area contributed by atoms with Crippen molar-refractivity contribution in [1.29, 1.82) is 0 Å². The van der Waals surface area contributed by atoms with Gasteiger partial charge in [-0.3, -0.25) is 0 Å². The smallest absolute Gasteiger partial charge is 0.233 e. The van der Waals surface area contributed by atoms with E-state index in [0.717, 1.165) is 43.5 Å². The second kappa shape index (κ2) is 13.7. The van der Waals surface area contributed by atoms with Gasteiger partial charge in [-0.25, -0.2) is 9.78 Å². The molecule has 1 spiro atoms. The molecule has 5 aliphatic heterocycles. The predicted molar refractivity (Wildman–Crippen MR) is 166 cm³/mol. The lowest BCUT2D eigenvalue weighted by Crippen LogP contribution is -2.71.